The van der Waals surface area contributed by atoms with Crippen molar-refractivity contribution in [3.63, 3.8) is 0 Å². The van der Waals surface area contributed by atoms with E-state index in [4.69, 9.17) is 15.6 Å². The number of halogens is 2. The number of primary amides is 1. The van der Waals surface area contributed by atoms with Crippen molar-refractivity contribution in [2.45, 2.75) is 17.7 Å². The number of aliphatic carboxylic acids is 1. The van der Waals surface area contributed by atoms with Crippen molar-refractivity contribution in [3.8, 4) is 5.75 Å². The zero-order valence-corrected chi connectivity index (χ0v) is 15.1. The summed E-state index contributed by atoms with van der Waals surface area (Å²) in [5.41, 5.74) is 4.43. The molecule has 2 aromatic rings. The molecule has 28 heavy (non-hydrogen) atoms. The summed E-state index contributed by atoms with van der Waals surface area (Å²) < 4.78 is 59.7. The molecule has 8 nitrogen and oxygen atoms in total. The molecule has 11 heteroatoms. The molecule has 0 bridgehead atoms. The zero-order valence-electron chi connectivity index (χ0n) is 14.3. The van der Waals surface area contributed by atoms with Crippen LogP contribution < -0.4 is 15.2 Å². The summed E-state index contributed by atoms with van der Waals surface area (Å²) in [5, 5.41) is 8.52. The molecule has 4 N–H and O–H groups in total. The third-order valence-corrected chi connectivity index (χ3v) is 4.87. The van der Waals surface area contributed by atoms with Crippen LogP contribution in [0.25, 0.3) is 0 Å². The number of sulfonamides is 1. The Kier molecular flexibility index (Phi) is 6.52. The highest BCUT2D eigenvalue weighted by atomic mass is 32.2. The molecule has 2 aromatic carbocycles. The van der Waals surface area contributed by atoms with Gasteiger partial charge in [0.25, 0.3) is 10.0 Å². The fourth-order valence-electron chi connectivity index (χ4n) is 2.13. The monoisotopic (exact) mass is 414 g/mol. The highest BCUT2D eigenvalue weighted by Gasteiger charge is 2.19. The smallest absolute Gasteiger partial charge is 0.303 e. The number of carbonyl (C=O) groups excluding carboxylic acids is 1. The van der Waals surface area contributed by atoms with Gasteiger partial charge in [-0.3, -0.25) is 14.3 Å². The second-order valence-corrected chi connectivity index (χ2v) is 7.28. The van der Waals surface area contributed by atoms with Gasteiger partial charge in [-0.2, -0.15) is 0 Å². The van der Waals surface area contributed by atoms with Crippen LogP contribution in [0.5, 0.6) is 5.75 Å². The highest BCUT2D eigenvalue weighted by molar-refractivity contribution is 7.92. The van der Waals surface area contributed by atoms with Crippen molar-refractivity contribution < 1.29 is 36.6 Å². The number of carboxylic acid groups (broad SMARTS) is 1. The van der Waals surface area contributed by atoms with Crippen LogP contribution in [0, 0.1) is 11.6 Å². The van der Waals surface area contributed by atoms with Gasteiger partial charge in [0, 0.05) is 12.0 Å². The number of carboxylic acids is 1. The molecule has 0 aliphatic heterocycles. The molecular formula is C17H16F2N2O6S. The van der Waals surface area contributed by atoms with Crippen LogP contribution in [-0.4, -0.2) is 32.0 Å². The van der Waals surface area contributed by atoms with E-state index in [9.17, 15) is 26.8 Å². The van der Waals surface area contributed by atoms with E-state index in [1.54, 1.807) is 0 Å². The highest BCUT2D eigenvalue weighted by Crippen LogP contribution is 2.24. The van der Waals surface area contributed by atoms with Gasteiger partial charge in [-0.05, 0) is 42.8 Å². The first-order valence-corrected chi connectivity index (χ1v) is 9.35. The number of benzene rings is 2. The predicted molar refractivity (Wildman–Crippen MR) is 94.5 cm³/mol. The van der Waals surface area contributed by atoms with Crippen LogP contribution in [0.1, 0.15) is 23.2 Å². The average Bonchev–Trinajstić information content (AvgIpc) is 2.61. The Morgan fingerprint density at radius 1 is 1.11 bits per heavy atom. The third-order valence-electron chi connectivity index (χ3n) is 3.50. The van der Waals surface area contributed by atoms with Crippen molar-refractivity contribution in [2.75, 3.05) is 11.3 Å². The Bertz CT molecular complexity index is 1010. The van der Waals surface area contributed by atoms with Crippen molar-refractivity contribution in [2.24, 2.45) is 5.73 Å². The molecular weight excluding hydrogens is 398 g/mol. The standard InChI is InChI=1S/C17H16F2N2O6S/c18-12-8-10(17(20)24)3-5-14(12)21-28(25,26)11-4-6-15(13(19)9-11)27-7-1-2-16(22)23/h3-6,8-9,21H,1-2,7H2,(H2,20,24)(H,22,23). The van der Waals surface area contributed by atoms with E-state index < -0.39 is 44.1 Å². The predicted octanol–water partition coefficient (Wildman–Crippen LogP) is 2.11. The summed E-state index contributed by atoms with van der Waals surface area (Å²) in [5.74, 6) is -4.16. The second-order valence-electron chi connectivity index (χ2n) is 5.60. The van der Waals surface area contributed by atoms with Crippen LogP contribution in [-0.2, 0) is 14.8 Å². The lowest BCUT2D eigenvalue weighted by Crippen LogP contribution is -2.16. The van der Waals surface area contributed by atoms with E-state index in [1.165, 1.54) is 0 Å². The summed E-state index contributed by atoms with van der Waals surface area (Å²) in [7, 11) is -4.32. The number of carbonyl (C=O) groups is 2. The molecule has 0 fully saturated rings. The van der Waals surface area contributed by atoms with Crippen molar-refractivity contribution in [1.82, 2.24) is 0 Å². The van der Waals surface area contributed by atoms with Crippen LogP contribution in [0.4, 0.5) is 14.5 Å². The van der Waals surface area contributed by atoms with E-state index in [-0.39, 0.29) is 30.8 Å². The van der Waals surface area contributed by atoms with Gasteiger partial charge in [0.05, 0.1) is 17.2 Å². The molecule has 0 heterocycles. The molecule has 0 spiro atoms. The summed E-state index contributed by atoms with van der Waals surface area (Å²) in [4.78, 5) is 20.9. The Balaban J connectivity index is 2.14. The summed E-state index contributed by atoms with van der Waals surface area (Å²) >= 11 is 0. The van der Waals surface area contributed by atoms with Gasteiger partial charge in [-0.1, -0.05) is 0 Å². The number of anilines is 1. The molecule has 0 aliphatic rings. The van der Waals surface area contributed by atoms with Gasteiger partial charge in [0.15, 0.2) is 11.6 Å². The minimum Gasteiger partial charge on any atom is -0.491 e. The number of ether oxygens (including phenoxy) is 1. The zero-order chi connectivity index (χ0) is 20.9. The average molecular weight is 414 g/mol. The van der Waals surface area contributed by atoms with E-state index in [0.717, 1.165) is 30.3 Å². The fraction of sp³-hybridized carbons (Fsp3) is 0.176. The molecule has 0 saturated heterocycles. The van der Waals surface area contributed by atoms with Crippen LogP contribution in [0.2, 0.25) is 0 Å². The lowest BCUT2D eigenvalue weighted by Gasteiger charge is -2.11. The largest absolute Gasteiger partial charge is 0.491 e. The third kappa shape index (κ3) is 5.39. The van der Waals surface area contributed by atoms with E-state index in [2.05, 4.69) is 0 Å². The summed E-state index contributed by atoms with van der Waals surface area (Å²) in [6, 6.07) is 5.73. The van der Waals surface area contributed by atoms with Crippen LogP contribution >= 0.6 is 0 Å². The topological polar surface area (TPSA) is 136 Å². The van der Waals surface area contributed by atoms with Gasteiger partial charge in [-0.25, -0.2) is 17.2 Å². The number of nitrogens with one attached hydrogen (secondary N) is 1. The lowest BCUT2D eigenvalue weighted by molar-refractivity contribution is -0.137. The quantitative estimate of drug-likeness (QED) is 0.538. The minimum absolute atomic E-state index is 0.0645. The lowest BCUT2D eigenvalue weighted by atomic mass is 10.2. The van der Waals surface area contributed by atoms with E-state index in [0.29, 0.717) is 6.07 Å². The molecule has 0 aromatic heterocycles. The maximum atomic E-state index is 14.1. The van der Waals surface area contributed by atoms with Crippen molar-refractivity contribution in [3.05, 3.63) is 53.6 Å². The SMILES string of the molecule is NC(=O)c1ccc(NS(=O)(=O)c2ccc(OCCCC(=O)O)c(F)c2)c(F)c1. The Morgan fingerprint density at radius 2 is 1.82 bits per heavy atom. The number of hydrogen-bond donors (Lipinski definition) is 3. The molecule has 150 valence electrons. The van der Waals surface area contributed by atoms with Crippen molar-refractivity contribution in [1.29, 1.82) is 0 Å². The molecule has 0 unspecified atom stereocenters. The molecule has 0 aliphatic carbocycles. The minimum atomic E-state index is -4.32. The Hall–Kier alpha value is -3.21. The number of nitrogens with two attached hydrogens (primary N) is 1. The Labute approximate surface area is 159 Å². The van der Waals surface area contributed by atoms with E-state index >= 15 is 0 Å². The molecule has 0 saturated carbocycles. The molecule has 0 radical (unpaired) electrons. The number of rotatable bonds is 9. The first kappa shape index (κ1) is 21.1. The first-order chi connectivity index (χ1) is 13.1. The molecule has 0 atom stereocenters. The molecule has 1 amide bonds. The first-order valence-electron chi connectivity index (χ1n) is 7.86. The molecule has 2 rings (SSSR count). The van der Waals surface area contributed by atoms with Gasteiger partial charge in [0.1, 0.15) is 5.82 Å². The van der Waals surface area contributed by atoms with Gasteiger partial charge in [0.2, 0.25) is 5.91 Å². The maximum absolute atomic E-state index is 14.1. The Morgan fingerprint density at radius 3 is 2.39 bits per heavy atom. The maximum Gasteiger partial charge on any atom is 0.303 e. The van der Waals surface area contributed by atoms with Crippen LogP contribution in [0.3, 0.4) is 0 Å². The normalized spacial score (nSPS) is 11.1. The van der Waals surface area contributed by atoms with Gasteiger partial charge >= 0.3 is 5.97 Å². The number of hydrogen-bond acceptors (Lipinski definition) is 5. The number of amides is 1. The summed E-state index contributed by atoms with van der Waals surface area (Å²) in [6.07, 6.45) is -0.00490. The van der Waals surface area contributed by atoms with Gasteiger partial charge < -0.3 is 15.6 Å². The summed E-state index contributed by atoms with van der Waals surface area (Å²) in [6.45, 7) is -0.0645. The second kappa shape index (κ2) is 8.65. The van der Waals surface area contributed by atoms with Gasteiger partial charge in [-0.15, -0.1) is 0 Å². The fourth-order valence-corrected chi connectivity index (χ4v) is 3.20. The van der Waals surface area contributed by atoms with Crippen LogP contribution in [0.15, 0.2) is 41.3 Å². The van der Waals surface area contributed by atoms with Crippen molar-refractivity contribution >= 4 is 27.6 Å². The van der Waals surface area contributed by atoms with E-state index in [1.807, 2.05) is 4.72 Å².